The van der Waals surface area contributed by atoms with Gasteiger partial charge in [-0.15, -0.1) is 0 Å². The summed E-state index contributed by atoms with van der Waals surface area (Å²) in [6, 6.07) is 6.34. The summed E-state index contributed by atoms with van der Waals surface area (Å²) in [7, 11) is -2.66. The van der Waals surface area contributed by atoms with Crippen molar-refractivity contribution >= 4 is 16.0 Å². The van der Waals surface area contributed by atoms with Gasteiger partial charge >= 0.3 is 5.97 Å². The van der Waals surface area contributed by atoms with Gasteiger partial charge in [-0.05, 0) is 12.1 Å². The molecule has 1 fully saturated rings. The Morgan fingerprint density at radius 1 is 1.48 bits per heavy atom. The van der Waals surface area contributed by atoms with Crippen LogP contribution in [0, 0.1) is 11.3 Å². The summed E-state index contributed by atoms with van der Waals surface area (Å²) in [4.78, 5) is 11.1. The van der Waals surface area contributed by atoms with Crippen LogP contribution in [0.25, 0.3) is 0 Å². The average molecular weight is 310 g/mol. The van der Waals surface area contributed by atoms with Crippen LogP contribution in [0.4, 0.5) is 0 Å². The molecule has 1 heterocycles. The van der Waals surface area contributed by atoms with Crippen LogP contribution in [0.15, 0.2) is 29.2 Å². The van der Waals surface area contributed by atoms with Crippen LogP contribution in [0.1, 0.15) is 12.0 Å². The van der Waals surface area contributed by atoms with Gasteiger partial charge in [-0.2, -0.15) is 9.57 Å². The number of carbonyl (C=O) groups is 1. The van der Waals surface area contributed by atoms with Crippen LogP contribution >= 0.6 is 0 Å². The second-order valence-electron chi connectivity index (χ2n) is 4.63. The fourth-order valence-corrected chi connectivity index (χ4v) is 4.11. The minimum atomic E-state index is -4.07. The molecule has 1 N–H and O–H groups in total. The molecule has 7 nitrogen and oxygen atoms in total. The summed E-state index contributed by atoms with van der Waals surface area (Å²) in [5, 5.41) is 18.2. The topological polar surface area (TPSA) is 108 Å². The van der Waals surface area contributed by atoms with Gasteiger partial charge in [0.1, 0.15) is 12.1 Å². The first kappa shape index (κ1) is 15.4. The highest BCUT2D eigenvalue weighted by molar-refractivity contribution is 7.89. The lowest BCUT2D eigenvalue weighted by Gasteiger charge is -2.21. The lowest BCUT2D eigenvalue weighted by Crippen LogP contribution is -2.40. The lowest BCUT2D eigenvalue weighted by atomic mass is 10.2. The van der Waals surface area contributed by atoms with Crippen LogP contribution in [-0.4, -0.2) is 49.6 Å². The van der Waals surface area contributed by atoms with Crippen molar-refractivity contribution in [2.24, 2.45) is 0 Å². The molecule has 2 unspecified atom stereocenters. The molecule has 0 aromatic heterocycles. The van der Waals surface area contributed by atoms with Crippen molar-refractivity contribution < 1.29 is 23.1 Å². The van der Waals surface area contributed by atoms with Crippen molar-refractivity contribution in [1.82, 2.24) is 4.31 Å². The molecule has 1 saturated heterocycles. The van der Waals surface area contributed by atoms with E-state index in [1.807, 2.05) is 6.07 Å². The molecule has 112 valence electrons. The summed E-state index contributed by atoms with van der Waals surface area (Å²) in [6.45, 7) is -0.0461. The fourth-order valence-electron chi connectivity index (χ4n) is 2.34. The Balaban J connectivity index is 2.48. The molecule has 0 bridgehead atoms. The zero-order valence-electron chi connectivity index (χ0n) is 11.3. The number of benzene rings is 1. The van der Waals surface area contributed by atoms with Gasteiger partial charge in [0, 0.05) is 20.1 Å². The molecular formula is C13H14N2O5S. The van der Waals surface area contributed by atoms with Crippen LogP contribution in [-0.2, 0) is 19.6 Å². The summed E-state index contributed by atoms with van der Waals surface area (Å²) in [5.41, 5.74) is -0.0116. The number of nitrogens with zero attached hydrogens (tertiary/aromatic N) is 2. The number of sulfonamides is 1. The highest BCUT2D eigenvalue weighted by Crippen LogP contribution is 2.29. The molecule has 2 atom stereocenters. The zero-order valence-corrected chi connectivity index (χ0v) is 12.1. The second-order valence-corrected chi connectivity index (χ2v) is 6.49. The van der Waals surface area contributed by atoms with E-state index in [1.165, 1.54) is 25.3 Å². The highest BCUT2D eigenvalue weighted by atomic mass is 32.2. The summed E-state index contributed by atoms with van der Waals surface area (Å²) in [5.74, 6) is -1.23. The Bertz CT molecular complexity index is 695. The Labute approximate surface area is 122 Å². The van der Waals surface area contributed by atoms with Crippen molar-refractivity contribution in [3.8, 4) is 6.07 Å². The number of rotatable bonds is 4. The summed E-state index contributed by atoms with van der Waals surface area (Å²) < 4.78 is 31.3. The van der Waals surface area contributed by atoms with Gasteiger partial charge in [0.25, 0.3) is 0 Å². The SMILES string of the molecule is COC1CC(C(=O)O)N(S(=O)(=O)c2ccccc2C#N)C1. The van der Waals surface area contributed by atoms with Gasteiger partial charge in [-0.1, -0.05) is 12.1 Å². The lowest BCUT2D eigenvalue weighted by molar-refractivity contribution is -0.140. The standard InChI is InChI=1S/C13H14N2O5S/c1-20-10-6-11(13(16)17)15(8-10)21(18,19)12-5-3-2-4-9(12)7-14/h2-5,10-11H,6,8H2,1H3,(H,16,17). The van der Waals surface area contributed by atoms with Gasteiger partial charge in [0.15, 0.2) is 0 Å². The smallest absolute Gasteiger partial charge is 0.322 e. The summed E-state index contributed by atoms with van der Waals surface area (Å²) in [6.07, 6.45) is -0.394. The number of ether oxygens (including phenoxy) is 1. The predicted octanol–water partition coefficient (Wildman–Crippen LogP) is 0.421. The predicted molar refractivity (Wildman–Crippen MR) is 71.9 cm³/mol. The molecule has 1 aliphatic rings. The Kier molecular flexibility index (Phi) is 4.27. The maximum Gasteiger partial charge on any atom is 0.322 e. The van der Waals surface area contributed by atoms with Gasteiger partial charge in [-0.3, -0.25) is 4.79 Å². The van der Waals surface area contributed by atoms with Crippen LogP contribution in [0.3, 0.4) is 0 Å². The molecule has 0 radical (unpaired) electrons. The average Bonchev–Trinajstić information content (AvgIpc) is 2.92. The van der Waals surface area contributed by atoms with Gasteiger partial charge in [0.2, 0.25) is 10.0 Å². The van der Waals surface area contributed by atoms with Crippen molar-refractivity contribution in [3.63, 3.8) is 0 Å². The van der Waals surface area contributed by atoms with E-state index in [1.54, 1.807) is 6.07 Å². The maximum atomic E-state index is 12.6. The van der Waals surface area contributed by atoms with E-state index in [0.717, 1.165) is 4.31 Å². The second kappa shape index (κ2) is 5.81. The van der Waals surface area contributed by atoms with E-state index in [2.05, 4.69) is 0 Å². The van der Waals surface area contributed by atoms with Crippen molar-refractivity contribution in [2.45, 2.75) is 23.5 Å². The van der Waals surface area contributed by atoms with Crippen molar-refractivity contribution in [1.29, 1.82) is 5.26 Å². The van der Waals surface area contributed by atoms with Crippen molar-refractivity contribution in [2.75, 3.05) is 13.7 Å². The largest absolute Gasteiger partial charge is 0.480 e. The van der Waals surface area contributed by atoms with E-state index >= 15 is 0 Å². The van der Waals surface area contributed by atoms with E-state index < -0.39 is 28.1 Å². The van der Waals surface area contributed by atoms with Crippen LogP contribution < -0.4 is 0 Å². The Hall–Kier alpha value is -1.95. The molecule has 0 amide bonds. The molecule has 1 aromatic carbocycles. The number of carboxylic acid groups (broad SMARTS) is 1. The number of aliphatic carboxylic acids is 1. The van der Waals surface area contributed by atoms with Gasteiger partial charge in [-0.25, -0.2) is 8.42 Å². The minimum absolute atomic E-state index is 0.0116. The van der Waals surface area contributed by atoms with Crippen molar-refractivity contribution in [3.05, 3.63) is 29.8 Å². The molecule has 0 spiro atoms. The number of nitriles is 1. The van der Waals surface area contributed by atoms with E-state index in [9.17, 15) is 18.3 Å². The number of hydrogen-bond acceptors (Lipinski definition) is 5. The quantitative estimate of drug-likeness (QED) is 0.863. The monoisotopic (exact) mass is 310 g/mol. The molecular weight excluding hydrogens is 296 g/mol. The van der Waals surface area contributed by atoms with Gasteiger partial charge in [0.05, 0.1) is 16.6 Å². The van der Waals surface area contributed by atoms with E-state index in [0.29, 0.717) is 0 Å². The third-order valence-electron chi connectivity index (χ3n) is 3.43. The first-order chi connectivity index (χ1) is 9.91. The highest BCUT2D eigenvalue weighted by Gasteiger charge is 2.44. The number of carboxylic acids is 1. The fraction of sp³-hybridized carbons (Fsp3) is 0.385. The molecule has 0 saturated carbocycles. The third kappa shape index (κ3) is 2.76. The molecule has 8 heteroatoms. The van der Waals surface area contributed by atoms with Crippen LogP contribution in [0.2, 0.25) is 0 Å². The molecule has 2 rings (SSSR count). The molecule has 21 heavy (non-hydrogen) atoms. The first-order valence-electron chi connectivity index (χ1n) is 6.18. The van der Waals surface area contributed by atoms with E-state index in [4.69, 9.17) is 10.00 Å². The number of methoxy groups -OCH3 is 1. The first-order valence-corrected chi connectivity index (χ1v) is 7.62. The molecule has 1 aliphatic heterocycles. The molecule has 0 aliphatic carbocycles. The third-order valence-corrected chi connectivity index (χ3v) is 5.36. The maximum absolute atomic E-state index is 12.6. The Morgan fingerprint density at radius 2 is 2.14 bits per heavy atom. The normalized spacial score (nSPS) is 22.9. The van der Waals surface area contributed by atoms with Gasteiger partial charge < -0.3 is 9.84 Å². The number of hydrogen-bond donors (Lipinski definition) is 1. The summed E-state index contributed by atoms with van der Waals surface area (Å²) >= 11 is 0. The van der Waals surface area contributed by atoms with E-state index in [-0.39, 0.29) is 23.4 Å². The minimum Gasteiger partial charge on any atom is -0.480 e. The zero-order chi connectivity index (χ0) is 15.6. The van der Waals surface area contributed by atoms with Crippen LogP contribution in [0.5, 0.6) is 0 Å². The Morgan fingerprint density at radius 3 is 2.71 bits per heavy atom. The molecule has 1 aromatic rings.